The number of ether oxygens (including phenoxy) is 2. The molecule has 0 aromatic heterocycles. The zero-order valence-corrected chi connectivity index (χ0v) is 5.94. The minimum Gasteiger partial charge on any atom is -0.503 e. The average molecular weight is 151 g/mol. The van der Waals surface area contributed by atoms with Crippen LogP contribution >= 0.6 is 11.6 Å². The van der Waals surface area contributed by atoms with E-state index in [1.807, 2.05) is 0 Å². The Kier molecular flexibility index (Phi) is 3.88. The summed E-state index contributed by atoms with van der Waals surface area (Å²) in [6.45, 7) is 0. The van der Waals surface area contributed by atoms with Gasteiger partial charge >= 0.3 is 5.97 Å². The Hall–Kier alpha value is -0.700. The molecule has 0 aromatic carbocycles. The van der Waals surface area contributed by atoms with E-state index in [1.54, 1.807) is 0 Å². The molecule has 0 aliphatic heterocycles. The SMILES string of the molecule is CO/C=C(\Cl)C(=O)OC. The lowest BCUT2D eigenvalue weighted by Gasteiger charge is -1.93. The molecule has 0 radical (unpaired) electrons. The van der Waals surface area contributed by atoms with E-state index >= 15 is 0 Å². The monoisotopic (exact) mass is 150 g/mol. The Bertz CT molecular complexity index is 130. The van der Waals surface area contributed by atoms with Crippen LogP contribution in [0.15, 0.2) is 11.3 Å². The lowest BCUT2D eigenvalue weighted by molar-refractivity contribution is -0.135. The maximum absolute atomic E-state index is 10.4. The largest absolute Gasteiger partial charge is 0.503 e. The Morgan fingerprint density at radius 2 is 2.11 bits per heavy atom. The Morgan fingerprint density at radius 1 is 1.56 bits per heavy atom. The minimum atomic E-state index is -0.599. The summed E-state index contributed by atoms with van der Waals surface area (Å²) in [5.74, 6) is -0.599. The van der Waals surface area contributed by atoms with Gasteiger partial charge in [-0.25, -0.2) is 4.79 Å². The van der Waals surface area contributed by atoms with Crippen molar-refractivity contribution < 1.29 is 14.3 Å². The Labute approximate surface area is 58.2 Å². The molecule has 0 aromatic rings. The van der Waals surface area contributed by atoms with E-state index in [0.29, 0.717) is 0 Å². The first kappa shape index (κ1) is 8.30. The summed E-state index contributed by atoms with van der Waals surface area (Å²) in [4.78, 5) is 10.4. The van der Waals surface area contributed by atoms with Gasteiger partial charge in [0.2, 0.25) is 0 Å². The quantitative estimate of drug-likeness (QED) is 0.333. The zero-order chi connectivity index (χ0) is 7.28. The molecule has 0 bridgehead atoms. The Balaban J connectivity index is 3.86. The molecule has 0 saturated heterocycles. The summed E-state index contributed by atoms with van der Waals surface area (Å²) in [6.07, 6.45) is 1.10. The number of carbonyl (C=O) groups excluding carboxylic acids is 1. The molecule has 9 heavy (non-hydrogen) atoms. The highest BCUT2D eigenvalue weighted by molar-refractivity contribution is 6.41. The van der Waals surface area contributed by atoms with Gasteiger partial charge in [-0.3, -0.25) is 0 Å². The third-order valence-electron chi connectivity index (χ3n) is 0.602. The lowest BCUT2D eigenvalue weighted by atomic mass is 10.6. The second-order valence-electron chi connectivity index (χ2n) is 1.19. The van der Waals surface area contributed by atoms with E-state index in [9.17, 15) is 4.79 Å². The van der Waals surface area contributed by atoms with Crippen LogP contribution in [0.1, 0.15) is 0 Å². The molecule has 52 valence electrons. The summed E-state index contributed by atoms with van der Waals surface area (Å²) in [5.41, 5.74) is 0. The van der Waals surface area contributed by atoms with Crippen LogP contribution in [0.3, 0.4) is 0 Å². The molecule has 0 fully saturated rings. The van der Waals surface area contributed by atoms with Crippen molar-refractivity contribution in [3.8, 4) is 0 Å². The summed E-state index contributed by atoms with van der Waals surface area (Å²) in [7, 11) is 2.64. The number of hydrogen-bond donors (Lipinski definition) is 0. The molecule has 0 atom stereocenters. The van der Waals surface area contributed by atoms with Crippen LogP contribution in [0, 0.1) is 0 Å². The van der Waals surface area contributed by atoms with Crippen LogP contribution in [0.25, 0.3) is 0 Å². The summed E-state index contributed by atoms with van der Waals surface area (Å²) < 4.78 is 8.68. The van der Waals surface area contributed by atoms with Crippen molar-refractivity contribution in [1.82, 2.24) is 0 Å². The number of methoxy groups -OCH3 is 2. The highest BCUT2D eigenvalue weighted by atomic mass is 35.5. The van der Waals surface area contributed by atoms with Gasteiger partial charge in [0.05, 0.1) is 14.2 Å². The first-order valence-corrected chi connectivity index (χ1v) is 2.57. The predicted molar refractivity (Wildman–Crippen MR) is 33.0 cm³/mol. The number of hydrogen-bond acceptors (Lipinski definition) is 3. The lowest BCUT2D eigenvalue weighted by Crippen LogP contribution is -1.99. The van der Waals surface area contributed by atoms with Gasteiger partial charge in [-0.15, -0.1) is 0 Å². The van der Waals surface area contributed by atoms with E-state index in [1.165, 1.54) is 14.2 Å². The number of carbonyl (C=O) groups is 1. The van der Waals surface area contributed by atoms with Crippen LogP contribution in [-0.4, -0.2) is 20.2 Å². The zero-order valence-electron chi connectivity index (χ0n) is 5.18. The first-order valence-electron chi connectivity index (χ1n) is 2.19. The molecule has 3 nitrogen and oxygen atoms in total. The van der Waals surface area contributed by atoms with Crippen molar-refractivity contribution in [3.63, 3.8) is 0 Å². The second-order valence-corrected chi connectivity index (χ2v) is 1.60. The highest BCUT2D eigenvalue weighted by Crippen LogP contribution is 2.01. The van der Waals surface area contributed by atoms with Crippen molar-refractivity contribution in [2.75, 3.05) is 14.2 Å². The topological polar surface area (TPSA) is 35.5 Å². The van der Waals surface area contributed by atoms with Gasteiger partial charge in [-0.2, -0.15) is 0 Å². The second kappa shape index (κ2) is 4.21. The molecule has 0 amide bonds. The van der Waals surface area contributed by atoms with E-state index in [2.05, 4.69) is 9.47 Å². The van der Waals surface area contributed by atoms with Crippen molar-refractivity contribution in [1.29, 1.82) is 0 Å². The van der Waals surface area contributed by atoms with Gasteiger partial charge < -0.3 is 9.47 Å². The maximum Gasteiger partial charge on any atom is 0.352 e. The van der Waals surface area contributed by atoms with E-state index in [-0.39, 0.29) is 5.03 Å². The smallest absolute Gasteiger partial charge is 0.352 e. The van der Waals surface area contributed by atoms with Crippen molar-refractivity contribution in [2.45, 2.75) is 0 Å². The van der Waals surface area contributed by atoms with E-state index < -0.39 is 5.97 Å². The first-order chi connectivity index (χ1) is 4.22. The van der Waals surface area contributed by atoms with Gasteiger partial charge in [-0.05, 0) is 0 Å². The third kappa shape index (κ3) is 2.98. The van der Waals surface area contributed by atoms with Gasteiger partial charge in [0.15, 0.2) is 5.03 Å². The van der Waals surface area contributed by atoms with Crippen molar-refractivity contribution in [2.24, 2.45) is 0 Å². The van der Waals surface area contributed by atoms with Gasteiger partial charge in [0, 0.05) is 0 Å². The summed E-state index contributed by atoms with van der Waals surface area (Å²) in [5, 5.41) is -0.0694. The molecule has 0 saturated carbocycles. The summed E-state index contributed by atoms with van der Waals surface area (Å²) in [6, 6.07) is 0. The molecular formula is C5H7ClO3. The van der Waals surface area contributed by atoms with E-state index in [0.717, 1.165) is 6.26 Å². The van der Waals surface area contributed by atoms with E-state index in [4.69, 9.17) is 11.6 Å². The molecule has 0 rings (SSSR count). The standard InChI is InChI=1S/C5H7ClO3/c1-8-3-4(6)5(7)9-2/h3H,1-2H3/b4-3-. The molecular weight excluding hydrogens is 144 g/mol. The fourth-order valence-corrected chi connectivity index (χ4v) is 0.415. The number of halogens is 1. The molecule has 4 heteroatoms. The van der Waals surface area contributed by atoms with Crippen LogP contribution < -0.4 is 0 Å². The maximum atomic E-state index is 10.4. The van der Waals surface area contributed by atoms with Crippen LogP contribution in [0.4, 0.5) is 0 Å². The molecule has 0 N–H and O–H groups in total. The predicted octanol–water partition coefficient (Wildman–Crippen LogP) is 0.886. The molecule has 0 aliphatic rings. The Morgan fingerprint density at radius 3 is 2.44 bits per heavy atom. The van der Waals surface area contributed by atoms with Gasteiger partial charge in [-0.1, -0.05) is 11.6 Å². The number of esters is 1. The average Bonchev–Trinajstić information content (AvgIpc) is 1.87. The van der Waals surface area contributed by atoms with Crippen LogP contribution in [-0.2, 0) is 14.3 Å². The van der Waals surface area contributed by atoms with Gasteiger partial charge in [0.1, 0.15) is 6.26 Å². The molecule has 0 heterocycles. The molecule has 0 spiro atoms. The minimum absolute atomic E-state index is 0.0694. The van der Waals surface area contributed by atoms with Gasteiger partial charge in [0.25, 0.3) is 0 Å². The fraction of sp³-hybridized carbons (Fsp3) is 0.400. The van der Waals surface area contributed by atoms with Crippen molar-refractivity contribution in [3.05, 3.63) is 11.3 Å². The molecule has 0 aliphatic carbocycles. The summed E-state index contributed by atoms with van der Waals surface area (Å²) >= 11 is 5.29. The number of rotatable bonds is 2. The van der Waals surface area contributed by atoms with Crippen LogP contribution in [0.2, 0.25) is 0 Å². The fourth-order valence-electron chi connectivity index (χ4n) is 0.249. The third-order valence-corrected chi connectivity index (χ3v) is 0.845. The van der Waals surface area contributed by atoms with Crippen molar-refractivity contribution >= 4 is 17.6 Å². The molecule has 0 unspecified atom stereocenters. The normalized spacial score (nSPS) is 10.8. The highest BCUT2D eigenvalue weighted by Gasteiger charge is 2.04. The van der Waals surface area contributed by atoms with Crippen LogP contribution in [0.5, 0.6) is 0 Å².